The van der Waals surface area contributed by atoms with Gasteiger partial charge in [-0.15, -0.1) is 0 Å². The Labute approximate surface area is 116 Å². The van der Waals surface area contributed by atoms with Crippen molar-refractivity contribution in [3.8, 4) is 5.75 Å². The molecule has 0 saturated carbocycles. The van der Waals surface area contributed by atoms with E-state index in [2.05, 4.69) is 42.0 Å². The third-order valence-electron chi connectivity index (χ3n) is 2.09. The lowest BCUT2D eigenvalue weighted by atomic mass is 10.3. The van der Waals surface area contributed by atoms with Gasteiger partial charge in [0.15, 0.2) is 11.9 Å². The fraction of sp³-hybridized carbons (Fsp3) is 0.273. The van der Waals surface area contributed by atoms with Crippen LogP contribution in [0, 0.1) is 6.92 Å². The fourth-order valence-electron chi connectivity index (χ4n) is 1.29. The van der Waals surface area contributed by atoms with Gasteiger partial charge in [0, 0.05) is 4.47 Å². The average molecular weight is 362 g/mol. The molecule has 0 amide bonds. The molecule has 6 heteroatoms. The maximum absolute atomic E-state index is 5.74. The maximum atomic E-state index is 5.74. The highest BCUT2D eigenvalue weighted by Crippen LogP contribution is 2.31. The molecule has 90 valence electrons. The molecule has 17 heavy (non-hydrogen) atoms. The highest BCUT2D eigenvalue weighted by Gasteiger charge is 2.15. The molecule has 0 aliphatic carbocycles. The van der Waals surface area contributed by atoms with E-state index in [1.807, 2.05) is 25.1 Å². The van der Waals surface area contributed by atoms with E-state index in [1.165, 1.54) is 0 Å². The summed E-state index contributed by atoms with van der Waals surface area (Å²) in [5.74, 6) is 1.80. The molecule has 2 aromatic rings. The van der Waals surface area contributed by atoms with Gasteiger partial charge in [-0.1, -0.05) is 21.1 Å². The normalized spacial score (nSPS) is 12.5. The van der Waals surface area contributed by atoms with Crippen LogP contribution in [0.4, 0.5) is 0 Å². The first-order chi connectivity index (χ1) is 8.06. The van der Waals surface area contributed by atoms with Gasteiger partial charge in [-0.2, -0.15) is 4.98 Å². The van der Waals surface area contributed by atoms with E-state index in [9.17, 15) is 0 Å². The third kappa shape index (κ3) is 3.07. The lowest BCUT2D eigenvalue weighted by molar-refractivity contribution is 0.174. The number of aryl methyl sites for hydroxylation is 1. The molecule has 0 N–H and O–H groups in total. The van der Waals surface area contributed by atoms with Crippen LogP contribution in [0.2, 0.25) is 0 Å². The first-order valence-corrected chi connectivity index (χ1v) is 6.57. The second kappa shape index (κ2) is 5.18. The molecule has 0 radical (unpaired) electrons. The first-order valence-electron chi connectivity index (χ1n) is 4.98. The van der Waals surface area contributed by atoms with E-state index in [4.69, 9.17) is 9.26 Å². The summed E-state index contributed by atoms with van der Waals surface area (Å²) in [4.78, 5) is 4.13. The molecule has 0 aliphatic heterocycles. The van der Waals surface area contributed by atoms with Gasteiger partial charge in [-0.25, -0.2) is 0 Å². The second-order valence-electron chi connectivity index (χ2n) is 3.51. The van der Waals surface area contributed by atoms with Crippen LogP contribution in [-0.4, -0.2) is 10.1 Å². The van der Waals surface area contributed by atoms with E-state index in [0.717, 1.165) is 14.7 Å². The molecular weight excluding hydrogens is 352 g/mol. The topological polar surface area (TPSA) is 48.2 Å². The zero-order valence-corrected chi connectivity index (χ0v) is 12.4. The molecule has 1 unspecified atom stereocenters. The molecule has 1 aromatic heterocycles. The fourth-order valence-corrected chi connectivity index (χ4v) is 2.43. The maximum Gasteiger partial charge on any atom is 0.267 e. The van der Waals surface area contributed by atoms with Crippen LogP contribution in [-0.2, 0) is 0 Å². The largest absolute Gasteiger partial charge is 0.480 e. The number of hydrogen-bond donors (Lipinski definition) is 0. The van der Waals surface area contributed by atoms with Crippen molar-refractivity contribution < 1.29 is 9.26 Å². The van der Waals surface area contributed by atoms with Gasteiger partial charge in [0.05, 0.1) is 4.47 Å². The summed E-state index contributed by atoms with van der Waals surface area (Å²) in [6, 6.07) is 5.70. The highest BCUT2D eigenvalue weighted by molar-refractivity contribution is 9.11. The first kappa shape index (κ1) is 12.6. The molecule has 1 atom stereocenters. The number of nitrogens with zero attached hydrogens (tertiary/aromatic N) is 2. The van der Waals surface area contributed by atoms with Crippen molar-refractivity contribution in [2.24, 2.45) is 0 Å². The minimum Gasteiger partial charge on any atom is -0.480 e. The van der Waals surface area contributed by atoms with Gasteiger partial charge < -0.3 is 9.26 Å². The Balaban J connectivity index is 2.15. The summed E-state index contributed by atoms with van der Waals surface area (Å²) < 4.78 is 12.6. The van der Waals surface area contributed by atoms with E-state index in [-0.39, 0.29) is 6.10 Å². The zero-order chi connectivity index (χ0) is 12.4. The number of aromatic nitrogens is 2. The lowest BCUT2D eigenvalue weighted by Gasteiger charge is -2.12. The minimum absolute atomic E-state index is 0.284. The smallest absolute Gasteiger partial charge is 0.267 e. The van der Waals surface area contributed by atoms with Crippen molar-refractivity contribution in [3.05, 3.63) is 38.9 Å². The Hall–Kier alpha value is -0.880. The van der Waals surface area contributed by atoms with Crippen LogP contribution < -0.4 is 4.74 Å². The molecule has 2 rings (SSSR count). The van der Waals surface area contributed by atoms with Crippen LogP contribution in [0.15, 0.2) is 31.7 Å². The summed E-state index contributed by atoms with van der Waals surface area (Å²) in [5.41, 5.74) is 0. The molecule has 0 spiro atoms. The zero-order valence-electron chi connectivity index (χ0n) is 9.28. The molecule has 1 aromatic carbocycles. The number of rotatable bonds is 3. The van der Waals surface area contributed by atoms with Gasteiger partial charge in [-0.05, 0) is 48.0 Å². The lowest BCUT2D eigenvalue weighted by Crippen LogP contribution is -2.04. The second-order valence-corrected chi connectivity index (χ2v) is 5.28. The van der Waals surface area contributed by atoms with Gasteiger partial charge in [0.25, 0.3) is 5.89 Å². The number of hydrogen-bond acceptors (Lipinski definition) is 4. The van der Waals surface area contributed by atoms with Crippen LogP contribution in [0.1, 0.15) is 24.7 Å². The molecule has 4 nitrogen and oxygen atoms in total. The predicted molar refractivity (Wildman–Crippen MR) is 69.9 cm³/mol. The van der Waals surface area contributed by atoms with E-state index >= 15 is 0 Å². The van der Waals surface area contributed by atoms with Crippen molar-refractivity contribution in [2.45, 2.75) is 20.0 Å². The van der Waals surface area contributed by atoms with Gasteiger partial charge >= 0.3 is 0 Å². The van der Waals surface area contributed by atoms with Gasteiger partial charge in [-0.3, -0.25) is 0 Å². The predicted octanol–water partition coefficient (Wildman–Crippen LogP) is 4.04. The number of benzene rings is 1. The monoisotopic (exact) mass is 360 g/mol. The van der Waals surface area contributed by atoms with E-state index in [1.54, 1.807) is 6.92 Å². The Kier molecular flexibility index (Phi) is 3.83. The van der Waals surface area contributed by atoms with E-state index < -0.39 is 0 Å². The summed E-state index contributed by atoms with van der Waals surface area (Å²) >= 11 is 6.82. The van der Waals surface area contributed by atoms with E-state index in [0.29, 0.717) is 11.7 Å². The van der Waals surface area contributed by atoms with Crippen LogP contribution >= 0.6 is 31.9 Å². The minimum atomic E-state index is -0.284. The summed E-state index contributed by atoms with van der Waals surface area (Å²) in [6.45, 7) is 3.64. The standard InChI is InChI=1S/C11H10Br2N2O2/c1-6(11-14-7(2)15-17-11)16-10-4-3-8(12)5-9(10)13/h3-6H,1-2H3. The van der Waals surface area contributed by atoms with Crippen LogP contribution in [0.25, 0.3) is 0 Å². The molecule has 1 heterocycles. The number of halogens is 2. The average Bonchev–Trinajstić information content (AvgIpc) is 2.69. The van der Waals surface area contributed by atoms with Crippen molar-refractivity contribution in [3.63, 3.8) is 0 Å². The quantitative estimate of drug-likeness (QED) is 0.827. The van der Waals surface area contributed by atoms with Crippen molar-refractivity contribution in [1.29, 1.82) is 0 Å². The third-order valence-corrected chi connectivity index (χ3v) is 3.20. The van der Waals surface area contributed by atoms with Crippen LogP contribution in [0.3, 0.4) is 0 Å². The SMILES string of the molecule is Cc1noc(C(C)Oc2ccc(Br)cc2Br)n1. The Morgan fingerprint density at radius 3 is 2.71 bits per heavy atom. The summed E-state index contributed by atoms with van der Waals surface area (Å²) in [6.07, 6.45) is -0.284. The Morgan fingerprint density at radius 1 is 1.35 bits per heavy atom. The molecular formula is C11H10Br2N2O2. The van der Waals surface area contributed by atoms with Crippen molar-refractivity contribution >= 4 is 31.9 Å². The van der Waals surface area contributed by atoms with Gasteiger partial charge in [0.2, 0.25) is 0 Å². The van der Waals surface area contributed by atoms with Crippen molar-refractivity contribution in [2.75, 3.05) is 0 Å². The number of ether oxygens (including phenoxy) is 1. The van der Waals surface area contributed by atoms with Crippen molar-refractivity contribution in [1.82, 2.24) is 10.1 Å². The van der Waals surface area contributed by atoms with Gasteiger partial charge in [0.1, 0.15) is 5.75 Å². The highest BCUT2D eigenvalue weighted by atomic mass is 79.9. The molecule has 0 bridgehead atoms. The van der Waals surface area contributed by atoms with Crippen LogP contribution in [0.5, 0.6) is 5.75 Å². The molecule has 0 saturated heterocycles. The Bertz CT molecular complexity index is 528. The molecule has 0 aliphatic rings. The summed E-state index contributed by atoms with van der Waals surface area (Å²) in [7, 11) is 0. The summed E-state index contributed by atoms with van der Waals surface area (Å²) in [5, 5.41) is 3.73. The Morgan fingerprint density at radius 2 is 2.12 bits per heavy atom. The molecule has 0 fully saturated rings.